The van der Waals surface area contributed by atoms with Gasteiger partial charge in [0, 0.05) is 12.6 Å². The predicted molar refractivity (Wildman–Crippen MR) is 108 cm³/mol. The van der Waals surface area contributed by atoms with Gasteiger partial charge in [-0.2, -0.15) is 0 Å². The largest absolute Gasteiger partial charge is 0.313 e. The smallest absolute Gasteiger partial charge is 0.228 e. The Labute approximate surface area is 163 Å². The van der Waals surface area contributed by atoms with Crippen LogP contribution in [0, 0.1) is 5.92 Å². The van der Waals surface area contributed by atoms with Crippen LogP contribution < -0.4 is 0 Å². The summed E-state index contributed by atoms with van der Waals surface area (Å²) >= 11 is 0. The number of sulfone groups is 1. The highest BCUT2D eigenvalue weighted by Crippen LogP contribution is 2.23. The fourth-order valence-corrected chi connectivity index (χ4v) is 5.57. The monoisotopic (exact) mass is 389 g/mol. The summed E-state index contributed by atoms with van der Waals surface area (Å²) in [6.07, 6.45) is 5.44. The summed E-state index contributed by atoms with van der Waals surface area (Å²) in [6, 6.07) is 10.5. The molecular weight excluding hydrogens is 358 g/mol. The first kappa shape index (κ1) is 20.1. The molecule has 6 heteroatoms. The molecule has 0 radical (unpaired) electrons. The van der Waals surface area contributed by atoms with Gasteiger partial charge >= 0.3 is 0 Å². The van der Waals surface area contributed by atoms with Crippen LogP contribution in [-0.4, -0.2) is 41.2 Å². The maximum Gasteiger partial charge on any atom is 0.228 e. The zero-order valence-electron chi connectivity index (χ0n) is 16.6. The lowest BCUT2D eigenvalue weighted by Crippen LogP contribution is -2.37. The maximum atomic E-state index is 12.9. The Kier molecular flexibility index (Phi) is 6.37. The van der Waals surface area contributed by atoms with E-state index in [1.807, 2.05) is 48.7 Å². The van der Waals surface area contributed by atoms with Crippen molar-refractivity contribution in [3.8, 4) is 0 Å². The number of piperidine rings is 1. The molecule has 0 spiro atoms. The molecule has 2 heterocycles. The second kappa shape index (κ2) is 8.57. The number of benzene rings is 1. The summed E-state index contributed by atoms with van der Waals surface area (Å²) < 4.78 is 27.8. The Hall–Kier alpha value is -1.66. The van der Waals surface area contributed by atoms with Gasteiger partial charge in [0.15, 0.2) is 0 Å². The lowest BCUT2D eigenvalue weighted by Gasteiger charge is -2.33. The van der Waals surface area contributed by atoms with Gasteiger partial charge in [-0.1, -0.05) is 50.6 Å². The van der Waals surface area contributed by atoms with Gasteiger partial charge in [0.25, 0.3) is 0 Å². The quantitative estimate of drug-likeness (QED) is 0.724. The van der Waals surface area contributed by atoms with E-state index in [0.29, 0.717) is 12.6 Å². The van der Waals surface area contributed by atoms with Gasteiger partial charge in [-0.25, -0.2) is 13.4 Å². The standard InChI is InChI=1S/C21H31N3O2S/c1-17(2)16-27(25,26)21-22-13-20(15-23-12-8-7-9-18(23)3)24(21)14-19-10-5-4-6-11-19/h4-6,10-11,13,17-18H,7-9,12,14-16H2,1-3H3. The Morgan fingerprint density at radius 1 is 1.15 bits per heavy atom. The zero-order chi connectivity index (χ0) is 19.4. The maximum absolute atomic E-state index is 12.9. The van der Waals surface area contributed by atoms with Crippen molar-refractivity contribution in [1.29, 1.82) is 0 Å². The fraction of sp³-hybridized carbons (Fsp3) is 0.571. The first-order valence-electron chi connectivity index (χ1n) is 9.92. The Morgan fingerprint density at radius 3 is 2.56 bits per heavy atom. The van der Waals surface area contributed by atoms with Crippen molar-refractivity contribution in [2.75, 3.05) is 12.3 Å². The van der Waals surface area contributed by atoms with Crippen LogP contribution in [-0.2, 0) is 22.9 Å². The van der Waals surface area contributed by atoms with Crippen molar-refractivity contribution < 1.29 is 8.42 Å². The fourth-order valence-electron chi connectivity index (χ4n) is 3.82. The molecule has 0 N–H and O–H groups in total. The number of likely N-dealkylation sites (tertiary alicyclic amines) is 1. The molecule has 1 aromatic heterocycles. The zero-order valence-corrected chi connectivity index (χ0v) is 17.5. The van der Waals surface area contributed by atoms with Crippen molar-refractivity contribution >= 4 is 9.84 Å². The van der Waals surface area contributed by atoms with Gasteiger partial charge in [0.1, 0.15) is 0 Å². The second-order valence-electron chi connectivity index (χ2n) is 8.09. The van der Waals surface area contributed by atoms with Crippen molar-refractivity contribution in [2.45, 2.75) is 64.3 Å². The van der Waals surface area contributed by atoms with Crippen molar-refractivity contribution in [3.05, 3.63) is 47.8 Å². The van der Waals surface area contributed by atoms with Gasteiger partial charge in [0.2, 0.25) is 15.0 Å². The van der Waals surface area contributed by atoms with Gasteiger partial charge < -0.3 is 4.57 Å². The van der Waals surface area contributed by atoms with E-state index < -0.39 is 9.84 Å². The predicted octanol–water partition coefficient (Wildman–Crippen LogP) is 3.74. The molecule has 1 unspecified atom stereocenters. The van der Waals surface area contributed by atoms with Crippen LogP contribution in [0.5, 0.6) is 0 Å². The highest BCUT2D eigenvalue weighted by Gasteiger charge is 2.26. The molecular formula is C21H31N3O2S. The molecule has 0 aliphatic carbocycles. The van der Waals surface area contributed by atoms with Crippen LogP contribution in [0.25, 0.3) is 0 Å². The van der Waals surface area contributed by atoms with Crippen LogP contribution >= 0.6 is 0 Å². The van der Waals surface area contributed by atoms with Gasteiger partial charge in [0.05, 0.1) is 24.2 Å². The SMILES string of the molecule is CC(C)CS(=O)(=O)c1ncc(CN2CCCCC2C)n1Cc1ccccc1. The Balaban J connectivity index is 1.95. The Morgan fingerprint density at radius 2 is 1.89 bits per heavy atom. The first-order valence-corrected chi connectivity index (χ1v) is 11.6. The molecule has 1 saturated heterocycles. The van der Waals surface area contributed by atoms with Crippen molar-refractivity contribution in [2.24, 2.45) is 5.92 Å². The summed E-state index contributed by atoms with van der Waals surface area (Å²) in [5, 5.41) is 0.208. The van der Waals surface area contributed by atoms with Crippen molar-refractivity contribution in [3.63, 3.8) is 0 Å². The lowest BCUT2D eigenvalue weighted by atomic mass is 10.0. The first-order chi connectivity index (χ1) is 12.9. The highest BCUT2D eigenvalue weighted by atomic mass is 32.2. The average Bonchev–Trinajstić information content (AvgIpc) is 3.00. The van der Waals surface area contributed by atoms with Crippen LogP contribution in [0.3, 0.4) is 0 Å². The number of rotatable bonds is 7. The Bertz CT molecular complexity index is 844. The molecule has 1 fully saturated rings. The topological polar surface area (TPSA) is 55.2 Å². The molecule has 148 valence electrons. The van der Waals surface area contributed by atoms with Crippen LogP contribution in [0.1, 0.15) is 51.3 Å². The second-order valence-corrected chi connectivity index (χ2v) is 10.0. The number of hydrogen-bond acceptors (Lipinski definition) is 4. The summed E-state index contributed by atoms with van der Waals surface area (Å²) in [4.78, 5) is 6.82. The molecule has 1 atom stereocenters. The summed E-state index contributed by atoms with van der Waals surface area (Å²) in [7, 11) is -3.41. The van der Waals surface area contributed by atoms with Gasteiger partial charge in [-0.15, -0.1) is 0 Å². The molecule has 5 nitrogen and oxygen atoms in total. The minimum absolute atomic E-state index is 0.0717. The lowest BCUT2D eigenvalue weighted by molar-refractivity contribution is 0.149. The normalized spacial score (nSPS) is 18.9. The van der Waals surface area contributed by atoms with E-state index in [4.69, 9.17) is 0 Å². The number of aromatic nitrogens is 2. The van der Waals surface area contributed by atoms with Gasteiger partial charge in [-0.3, -0.25) is 4.90 Å². The van der Waals surface area contributed by atoms with E-state index >= 15 is 0 Å². The van der Waals surface area contributed by atoms with Crippen LogP contribution in [0.4, 0.5) is 0 Å². The van der Waals surface area contributed by atoms with E-state index in [-0.39, 0.29) is 16.8 Å². The molecule has 1 aliphatic heterocycles. The molecule has 27 heavy (non-hydrogen) atoms. The minimum Gasteiger partial charge on any atom is -0.313 e. The van der Waals surface area contributed by atoms with Gasteiger partial charge in [-0.05, 0) is 37.8 Å². The molecule has 1 aromatic carbocycles. The molecule has 3 rings (SSSR count). The average molecular weight is 390 g/mol. The molecule has 0 amide bonds. The summed E-state index contributed by atoms with van der Waals surface area (Å²) in [5.41, 5.74) is 2.07. The number of hydrogen-bond donors (Lipinski definition) is 0. The van der Waals surface area contributed by atoms with E-state index in [0.717, 1.165) is 24.3 Å². The summed E-state index contributed by atoms with van der Waals surface area (Å²) in [6.45, 7) is 8.46. The number of nitrogens with zero attached hydrogens (tertiary/aromatic N) is 3. The molecule has 0 bridgehead atoms. The van der Waals surface area contributed by atoms with Crippen molar-refractivity contribution in [1.82, 2.24) is 14.5 Å². The molecule has 1 aliphatic rings. The van der Waals surface area contributed by atoms with E-state index in [1.165, 1.54) is 19.3 Å². The molecule has 2 aromatic rings. The number of imidazole rings is 1. The molecule has 0 saturated carbocycles. The third kappa shape index (κ3) is 4.99. The third-order valence-electron chi connectivity index (χ3n) is 5.22. The summed E-state index contributed by atoms with van der Waals surface area (Å²) in [5.74, 6) is 0.195. The highest BCUT2D eigenvalue weighted by molar-refractivity contribution is 7.91. The van der Waals surface area contributed by atoms with Crippen LogP contribution in [0.2, 0.25) is 0 Å². The third-order valence-corrected chi connectivity index (χ3v) is 7.21. The van der Waals surface area contributed by atoms with Crippen LogP contribution in [0.15, 0.2) is 41.7 Å². The van der Waals surface area contributed by atoms with E-state index in [1.54, 1.807) is 6.20 Å². The minimum atomic E-state index is -3.41. The van der Waals surface area contributed by atoms with E-state index in [9.17, 15) is 8.42 Å². The van der Waals surface area contributed by atoms with E-state index in [2.05, 4.69) is 16.8 Å².